The number of hydrogen-bond donors (Lipinski definition) is 1. The fourth-order valence-corrected chi connectivity index (χ4v) is 3.56. The molecule has 0 unspecified atom stereocenters. The van der Waals surface area contributed by atoms with E-state index < -0.39 is 6.10 Å². The summed E-state index contributed by atoms with van der Waals surface area (Å²) in [5.74, 6) is 1.49. The summed E-state index contributed by atoms with van der Waals surface area (Å²) in [7, 11) is 0. The molecule has 0 radical (unpaired) electrons. The van der Waals surface area contributed by atoms with Crippen molar-refractivity contribution in [1.82, 2.24) is 0 Å². The molecule has 0 spiro atoms. The zero-order chi connectivity index (χ0) is 17.2. The normalized spacial score (nSPS) is 19.4. The van der Waals surface area contributed by atoms with Crippen LogP contribution in [0.2, 0.25) is 0 Å². The molecule has 5 nitrogen and oxygen atoms in total. The number of rotatable bonds is 3. The van der Waals surface area contributed by atoms with Crippen LogP contribution < -0.4 is 9.64 Å². The van der Waals surface area contributed by atoms with Crippen molar-refractivity contribution in [1.29, 1.82) is 5.26 Å². The van der Waals surface area contributed by atoms with Gasteiger partial charge in [0.1, 0.15) is 17.6 Å². The molecule has 1 aliphatic carbocycles. The molecule has 2 aliphatic rings. The van der Waals surface area contributed by atoms with Gasteiger partial charge in [-0.25, -0.2) is 0 Å². The van der Waals surface area contributed by atoms with Gasteiger partial charge in [-0.05, 0) is 36.6 Å². The fourth-order valence-electron chi connectivity index (χ4n) is 3.56. The van der Waals surface area contributed by atoms with E-state index in [0.717, 1.165) is 48.5 Å². The number of aliphatic hydroxyl groups is 1. The second-order valence-corrected chi connectivity index (χ2v) is 6.37. The molecule has 25 heavy (non-hydrogen) atoms. The highest BCUT2D eigenvalue weighted by Gasteiger charge is 2.24. The van der Waals surface area contributed by atoms with Crippen LogP contribution >= 0.6 is 0 Å². The number of aliphatic hydroxyl groups excluding tert-OH is 1. The SMILES string of the molecule is N#Cc1ccc(Oc2cccc3c2CC[C@H]3O)cc1N1CCOCC1. The molecular weight excluding hydrogens is 316 g/mol. The lowest BCUT2D eigenvalue weighted by molar-refractivity contribution is 0.122. The molecule has 2 aromatic carbocycles. The third kappa shape index (κ3) is 3.07. The lowest BCUT2D eigenvalue weighted by Gasteiger charge is -2.29. The predicted molar refractivity (Wildman–Crippen MR) is 94.0 cm³/mol. The Morgan fingerprint density at radius 1 is 1.20 bits per heavy atom. The Balaban J connectivity index is 1.65. The average Bonchev–Trinajstić information content (AvgIpc) is 3.05. The maximum absolute atomic E-state index is 10.0. The third-order valence-corrected chi connectivity index (χ3v) is 4.87. The van der Waals surface area contributed by atoms with Gasteiger partial charge in [0.05, 0.1) is 30.6 Å². The summed E-state index contributed by atoms with van der Waals surface area (Å²) >= 11 is 0. The van der Waals surface area contributed by atoms with Crippen LogP contribution in [0.4, 0.5) is 5.69 Å². The quantitative estimate of drug-likeness (QED) is 0.932. The Morgan fingerprint density at radius 3 is 2.84 bits per heavy atom. The highest BCUT2D eigenvalue weighted by atomic mass is 16.5. The number of anilines is 1. The monoisotopic (exact) mass is 336 g/mol. The molecule has 0 saturated carbocycles. The van der Waals surface area contributed by atoms with E-state index in [-0.39, 0.29) is 0 Å². The maximum atomic E-state index is 10.0. The van der Waals surface area contributed by atoms with Crippen molar-refractivity contribution in [2.45, 2.75) is 18.9 Å². The Kier molecular flexibility index (Phi) is 4.31. The molecule has 1 saturated heterocycles. The van der Waals surface area contributed by atoms with Gasteiger partial charge in [-0.2, -0.15) is 5.26 Å². The number of hydrogen-bond acceptors (Lipinski definition) is 5. The number of benzene rings is 2. The van der Waals surface area contributed by atoms with E-state index >= 15 is 0 Å². The summed E-state index contributed by atoms with van der Waals surface area (Å²) in [5, 5.41) is 19.5. The van der Waals surface area contributed by atoms with Crippen molar-refractivity contribution in [2.24, 2.45) is 0 Å². The Morgan fingerprint density at radius 2 is 2.04 bits per heavy atom. The van der Waals surface area contributed by atoms with Crippen molar-refractivity contribution in [3.05, 3.63) is 53.1 Å². The van der Waals surface area contributed by atoms with Gasteiger partial charge in [0.2, 0.25) is 0 Å². The fraction of sp³-hybridized carbons (Fsp3) is 0.350. The van der Waals surface area contributed by atoms with Crippen LogP contribution in [-0.2, 0) is 11.2 Å². The van der Waals surface area contributed by atoms with E-state index in [9.17, 15) is 10.4 Å². The largest absolute Gasteiger partial charge is 0.457 e. The van der Waals surface area contributed by atoms with Gasteiger partial charge >= 0.3 is 0 Å². The Hall–Kier alpha value is -2.55. The van der Waals surface area contributed by atoms with E-state index in [2.05, 4.69) is 11.0 Å². The van der Waals surface area contributed by atoms with Gasteiger partial charge in [-0.3, -0.25) is 0 Å². The van der Waals surface area contributed by atoms with Crippen molar-refractivity contribution in [3.63, 3.8) is 0 Å². The predicted octanol–water partition coefficient (Wildman–Crippen LogP) is 3.17. The minimum absolute atomic E-state index is 0.400. The maximum Gasteiger partial charge on any atom is 0.130 e. The number of nitrogens with zero attached hydrogens (tertiary/aromatic N) is 2. The van der Waals surface area contributed by atoms with Crippen molar-refractivity contribution in [2.75, 3.05) is 31.2 Å². The molecule has 128 valence electrons. The van der Waals surface area contributed by atoms with Crippen LogP contribution in [0.1, 0.15) is 29.2 Å². The molecule has 1 atom stereocenters. The minimum Gasteiger partial charge on any atom is -0.457 e. The lowest BCUT2D eigenvalue weighted by Crippen LogP contribution is -2.36. The first-order chi connectivity index (χ1) is 12.3. The van der Waals surface area contributed by atoms with Crippen molar-refractivity contribution < 1.29 is 14.6 Å². The lowest BCUT2D eigenvalue weighted by atomic mass is 10.1. The van der Waals surface area contributed by atoms with Crippen molar-refractivity contribution in [3.8, 4) is 17.6 Å². The van der Waals surface area contributed by atoms with E-state index in [1.54, 1.807) is 6.07 Å². The van der Waals surface area contributed by atoms with Crippen LogP contribution in [0.25, 0.3) is 0 Å². The standard InChI is InChI=1S/C20H20N2O3/c21-13-14-4-5-15(12-18(14)22-8-10-24-11-9-22)25-20-3-1-2-16-17(20)6-7-19(16)23/h1-5,12,19,23H,6-11H2/t19-/m1/s1. The molecule has 0 bridgehead atoms. The summed E-state index contributed by atoms with van der Waals surface area (Å²) in [4.78, 5) is 2.16. The summed E-state index contributed by atoms with van der Waals surface area (Å²) in [6.07, 6.45) is 1.16. The number of morpholine rings is 1. The Labute approximate surface area is 147 Å². The second-order valence-electron chi connectivity index (χ2n) is 6.37. The molecule has 5 heteroatoms. The van der Waals surface area contributed by atoms with Crippen LogP contribution in [0, 0.1) is 11.3 Å². The highest BCUT2D eigenvalue weighted by molar-refractivity contribution is 5.63. The van der Waals surface area contributed by atoms with E-state index in [4.69, 9.17) is 9.47 Å². The van der Waals surface area contributed by atoms with Crippen molar-refractivity contribution >= 4 is 5.69 Å². The van der Waals surface area contributed by atoms with Crippen LogP contribution in [0.5, 0.6) is 11.5 Å². The van der Waals surface area contributed by atoms with Gasteiger partial charge in [0, 0.05) is 24.7 Å². The zero-order valence-electron chi connectivity index (χ0n) is 13.9. The smallest absolute Gasteiger partial charge is 0.130 e. The van der Waals surface area contributed by atoms with E-state index in [1.165, 1.54) is 0 Å². The summed E-state index contributed by atoms with van der Waals surface area (Å²) in [6, 6.07) is 13.6. The summed E-state index contributed by atoms with van der Waals surface area (Å²) in [6.45, 7) is 2.87. The molecule has 0 aromatic heterocycles. The third-order valence-electron chi connectivity index (χ3n) is 4.87. The number of ether oxygens (including phenoxy) is 2. The van der Waals surface area contributed by atoms with Crippen LogP contribution in [0.15, 0.2) is 36.4 Å². The first-order valence-corrected chi connectivity index (χ1v) is 8.61. The van der Waals surface area contributed by atoms with Crippen LogP contribution in [0.3, 0.4) is 0 Å². The van der Waals surface area contributed by atoms with E-state index in [1.807, 2.05) is 30.3 Å². The summed E-state index contributed by atoms with van der Waals surface area (Å²) < 4.78 is 11.5. The number of nitriles is 1. The average molecular weight is 336 g/mol. The molecule has 2 aromatic rings. The molecule has 0 amide bonds. The summed E-state index contributed by atoms with van der Waals surface area (Å²) in [5.41, 5.74) is 3.56. The molecule has 4 rings (SSSR count). The van der Waals surface area contributed by atoms with Gasteiger partial charge < -0.3 is 19.5 Å². The second kappa shape index (κ2) is 6.75. The molecule has 1 heterocycles. The molecule has 1 fully saturated rings. The molecular formula is C20H20N2O3. The van der Waals surface area contributed by atoms with Gasteiger partial charge in [0.15, 0.2) is 0 Å². The van der Waals surface area contributed by atoms with Gasteiger partial charge in [-0.1, -0.05) is 12.1 Å². The minimum atomic E-state index is -0.400. The first-order valence-electron chi connectivity index (χ1n) is 8.61. The molecule has 1 N–H and O–H groups in total. The Bertz CT molecular complexity index is 822. The highest BCUT2D eigenvalue weighted by Crippen LogP contribution is 2.39. The number of fused-ring (bicyclic) bond motifs is 1. The topological polar surface area (TPSA) is 65.7 Å². The van der Waals surface area contributed by atoms with Gasteiger partial charge in [-0.15, -0.1) is 0 Å². The zero-order valence-corrected chi connectivity index (χ0v) is 13.9. The molecule has 1 aliphatic heterocycles. The van der Waals surface area contributed by atoms with Crippen LogP contribution in [-0.4, -0.2) is 31.4 Å². The first kappa shape index (κ1) is 15.9. The van der Waals surface area contributed by atoms with Gasteiger partial charge in [0.25, 0.3) is 0 Å². The van der Waals surface area contributed by atoms with E-state index in [0.29, 0.717) is 24.5 Å².